The highest BCUT2D eigenvalue weighted by Crippen LogP contribution is 2.31. The second kappa shape index (κ2) is 5.20. The molecule has 0 radical (unpaired) electrons. The van der Waals surface area contributed by atoms with Gasteiger partial charge in [0.15, 0.2) is 5.69 Å². The van der Waals surface area contributed by atoms with Gasteiger partial charge in [-0.15, -0.1) is 11.8 Å². The van der Waals surface area contributed by atoms with E-state index in [0.29, 0.717) is 0 Å². The van der Waals surface area contributed by atoms with Gasteiger partial charge in [0, 0.05) is 11.3 Å². The molecular weight excluding hydrogens is 265 g/mol. The second-order valence-corrected chi connectivity index (χ2v) is 4.77. The summed E-state index contributed by atoms with van der Waals surface area (Å²) in [7, 11) is 0. The first-order chi connectivity index (χ1) is 7.32. The Kier molecular flexibility index (Phi) is 4.40. The summed E-state index contributed by atoms with van der Waals surface area (Å²) in [5.41, 5.74) is -1.08. The minimum Gasteiger partial charge on any atom is -0.395 e. The third-order valence-corrected chi connectivity index (χ3v) is 2.72. The highest BCUT2D eigenvalue weighted by atomic mass is 35.5. The fourth-order valence-electron chi connectivity index (χ4n) is 0.846. The van der Waals surface area contributed by atoms with Crippen molar-refractivity contribution in [2.24, 2.45) is 0 Å². The van der Waals surface area contributed by atoms with Gasteiger partial charge in [-0.2, -0.15) is 13.2 Å². The van der Waals surface area contributed by atoms with Crippen molar-refractivity contribution in [3.8, 4) is 0 Å². The van der Waals surface area contributed by atoms with Gasteiger partial charge in [0.1, 0.15) is 5.03 Å². The molecule has 0 saturated carbocycles. The lowest BCUT2D eigenvalue weighted by molar-refractivity contribution is -0.141. The molecule has 1 aromatic rings. The molecule has 1 rings (SSSR count). The Balaban J connectivity index is 2.99. The highest BCUT2D eigenvalue weighted by molar-refractivity contribution is 7.99. The van der Waals surface area contributed by atoms with E-state index in [4.69, 9.17) is 16.7 Å². The van der Waals surface area contributed by atoms with Crippen molar-refractivity contribution in [3.05, 3.63) is 17.0 Å². The maximum Gasteiger partial charge on any atom is 0.433 e. The number of halogens is 4. The first kappa shape index (κ1) is 13.5. The number of rotatable bonds is 3. The van der Waals surface area contributed by atoms with Crippen molar-refractivity contribution in [1.82, 2.24) is 9.97 Å². The van der Waals surface area contributed by atoms with Gasteiger partial charge in [-0.1, -0.05) is 6.92 Å². The van der Waals surface area contributed by atoms with Crippen molar-refractivity contribution in [1.29, 1.82) is 0 Å². The van der Waals surface area contributed by atoms with Crippen LogP contribution in [0.25, 0.3) is 0 Å². The van der Waals surface area contributed by atoms with E-state index in [9.17, 15) is 13.2 Å². The molecular formula is C8H8ClF3N2OS. The first-order valence-corrected chi connectivity index (χ1v) is 5.48. The molecule has 1 unspecified atom stereocenters. The summed E-state index contributed by atoms with van der Waals surface area (Å²) >= 11 is 6.39. The zero-order chi connectivity index (χ0) is 12.3. The fourth-order valence-corrected chi connectivity index (χ4v) is 1.88. The molecule has 16 heavy (non-hydrogen) atoms. The Bertz CT molecular complexity index is 375. The molecule has 90 valence electrons. The van der Waals surface area contributed by atoms with Crippen LogP contribution in [0.5, 0.6) is 0 Å². The molecule has 1 aromatic heterocycles. The Morgan fingerprint density at radius 2 is 2.12 bits per heavy atom. The zero-order valence-corrected chi connectivity index (χ0v) is 9.70. The second-order valence-electron chi connectivity index (χ2n) is 2.97. The zero-order valence-electron chi connectivity index (χ0n) is 8.12. The first-order valence-electron chi connectivity index (χ1n) is 4.22. The number of nitrogens with zero attached hydrogens (tertiary/aromatic N) is 2. The van der Waals surface area contributed by atoms with Crippen LogP contribution in [0.15, 0.2) is 11.1 Å². The van der Waals surface area contributed by atoms with Crippen LogP contribution in [-0.4, -0.2) is 26.9 Å². The van der Waals surface area contributed by atoms with Crippen molar-refractivity contribution in [2.75, 3.05) is 6.61 Å². The molecule has 1 atom stereocenters. The number of thioether (sulfide) groups is 1. The molecule has 0 spiro atoms. The van der Waals surface area contributed by atoms with E-state index < -0.39 is 17.2 Å². The average molecular weight is 273 g/mol. The summed E-state index contributed by atoms with van der Waals surface area (Å²) in [4.78, 5) is 6.73. The van der Waals surface area contributed by atoms with Crippen LogP contribution in [0.1, 0.15) is 12.6 Å². The minimum absolute atomic E-state index is 0.0916. The normalized spacial score (nSPS) is 13.9. The van der Waals surface area contributed by atoms with E-state index >= 15 is 0 Å². The summed E-state index contributed by atoms with van der Waals surface area (Å²) in [6.07, 6.45) is -4.55. The van der Waals surface area contributed by atoms with E-state index in [2.05, 4.69) is 9.97 Å². The molecule has 0 aromatic carbocycles. The predicted molar refractivity (Wildman–Crippen MR) is 54.4 cm³/mol. The van der Waals surface area contributed by atoms with E-state index in [-0.39, 0.29) is 16.9 Å². The third-order valence-electron chi connectivity index (χ3n) is 1.54. The highest BCUT2D eigenvalue weighted by Gasteiger charge is 2.33. The van der Waals surface area contributed by atoms with Crippen molar-refractivity contribution in [2.45, 2.75) is 23.4 Å². The van der Waals surface area contributed by atoms with Gasteiger partial charge in [0.2, 0.25) is 5.28 Å². The lowest BCUT2D eigenvalue weighted by atomic mass is 10.4. The average Bonchev–Trinajstić information content (AvgIpc) is 2.15. The van der Waals surface area contributed by atoms with Crippen LogP contribution in [0.2, 0.25) is 5.28 Å². The van der Waals surface area contributed by atoms with Gasteiger partial charge in [0.05, 0.1) is 6.61 Å². The molecule has 0 aliphatic rings. The molecule has 8 heteroatoms. The number of alkyl halides is 3. The van der Waals surface area contributed by atoms with Crippen LogP contribution in [0, 0.1) is 0 Å². The van der Waals surface area contributed by atoms with Gasteiger partial charge in [-0.05, 0) is 11.6 Å². The Morgan fingerprint density at radius 1 is 1.50 bits per heavy atom. The summed E-state index contributed by atoms with van der Waals surface area (Å²) in [6.45, 7) is 1.50. The molecule has 0 amide bonds. The molecule has 0 aliphatic heterocycles. The minimum atomic E-state index is -4.55. The number of hydrogen-bond donors (Lipinski definition) is 1. The number of aliphatic hydroxyl groups excluding tert-OH is 1. The summed E-state index contributed by atoms with van der Waals surface area (Å²) < 4.78 is 37.1. The lowest BCUT2D eigenvalue weighted by Gasteiger charge is -2.10. The van der Waals surface area contributed by atoms with Crippen LogP contribution in [0.3, 0.4) is 0 Å². The molecule has 0 fully saturated rings. The maximum absolute atomic E-state index is 12.4. The summed E-state index contributed by atoms with van der Waals surface area (Å²) in [5, 5.41) is 8.15. The lowest BCUT2D eigenvalue weighted by Crippen LogP contribution is -2.10. The molecule has 3 nitrogen and oxygen atoms in total. The van der Waals surface area contributed by atoms with Gasteiger partial charge in [0.25, 0.3) is 0 Å². The van der Waals surface area contributed by atoms with E-state index in [1.807, 2.05) is 0 Å². The quantitative estimate of drug-likeness (QED) is 0.522. The molecule has 0 saturated heterocycles. The van der Waals surface area contributed by atoms with Crippen LogP contribution in [0.4, 0.5) is 13.2 Å². The topological polar surface area (TPSA) is 46.0 Å². The number of aliphatic hydroxyl groups is 1. The maximum atomic E-state index is 12.4. The van der Waals surface area contributed by atoms with Gasteiger partial charge >= 0.3 is 6.18 Å². The van der Waals surface area contributed by atoms with Crippen molar-refractivity contribution in [3.63, 3.8) is 0 Å². The van der Waals surface area contributed by atoms with Crippen molar-refractivity contribution >= 4 is 23.4 Å². The standard InChI is InChI=1S/C8H8ClF3N2OS/c1-4(3-15)16-6-2-5(8(10,11)12)13-7(9)14-6/h2,4,15H,3H2,1H3. The Labute approximate surface area is 99.0 Å². The third kappa shape index (κ3) is 3.80. The van der Waals surface area contributed by atoms with Gasteiger partial charge < -0.3 is 5.11 Å². The number of aromatic nitrogens is 2. The van der Waals surface area contributed by atoms with E-state index in [0.717, 1.165) is 17.8 Å². The SMILES string of the molecule is CC(CO)Sc1cc(C(F)(F)F)nc(Cl)n1. The van der Waals surface area contributed by atoms with Crippen LogP contribution >= 0.6 is 23.4 Å². The Hall–Kier alpha value is -0.530. The summed E-state index contributed by atoms with van der Waals surface area (Å²) in [5.74, 6) is 0. The van der Waals surface area contributed by atoms with Gasteiger partial charge in [-0.25, -0.2) is 9.97 Å². The van der Waals surface area contributed by atoms with E-state index in [1.165, 1.54) is 0 Å². The fraction of sp³-hybridized carbons (Fsp3) is 0.500. The van der Waals surface area contributed by atoms with Crippen LogP contribution < -0.4 is 0 Å². The molecule has 1 N–H and O–H groups in total. The largest absolute Gasteiger partial charge is 0.433 e. The number of hydrogen-bond acceptors (Lipinski definition) is 4. The van der Waals surface area contributed by atoms with Gasteiger partial charge in [-0.3, -0.25) is 0 Å². The molecule has 0 aliphatic carbocycles. The monoisotopic (exact) mass is 272 g/mol. The molecule has 0 bridgehead atoms. The smallest absolute Gasteiger partial charge is 0.395 e. The van der Waals surface area contributed by atoms with Crippen molar-refractivity contribution < 1.29 is 18.3 Å². The Morgan fingerprint density at radius 3 is 2.62 bits per heavy atom. The predicted octanol–water partition coefficient (Wildman–Crippen LogP) is 2.62. The van der Waals surface area contributed by atoms with E-state index in [1.54, 1.807) is 6.92 Å². The van der Waals surface area contributed by atoms with Crippen LogP contribution in [-0.2, 0) is 6.18 Å². The summed E-state index contributed by atoms with van der Waals surface area (Å²) in [6, 6.07) is 0.808. The molecule has 1 heterocycles.